The van der Waals surface area contributed by atoms with E-state index in [1.807, 2.05) is 0 Å². The molecule has 13 heavy (non-hydrogen) atoms. The van der Waals surface area contributed by atoms with Crippen molar-refractivity contribution in [3.63, 3.8) is 0 Å². The summed E-state index contributed by atoms with van der Waals surface area (Å²) in [5.41, 5.74) is 0.961. The minimum atomic E-state index is -0.116. The average Bonchev–Trinajstić information content (AvgIpc) is 2.72. The van der Waals surface area contributed by atoms with Crippen LogP contribution in [0.1, 0.15) is 16.1 Å². The van der Waals surface area contributed by atoms with Gasteiger partial charge in [0.2, 0.25) is 5.78 Å². The normalized spacial score (nSPS) is 10.2. The van der Waals surface area contributed by atoms with Gasteiger partial charge in [-0.1, -0.05) is 0 Å². The molecule has 2 aromatic rings. The predicted octanol–water partition coefficient (Wildman–Crippen LogP) is 1.24. The van der Waals surface area contributed by atoms with E-state index in [4.69, 9.17) is 4.42 Å². The van der Waals surface area contributed by atoms with Crippen molar-refractivity contribution in [2.45, 2.75) is 0 Å². The minimum absolute atomic E-state index is 0.116. The molecule has 66 valence electrons. The third kappa shape index (κ3) is 1.38. The third-order valence-electron chi connectivity index (χ3n) is 1.73. The second-order valence-corrected chi connectivity index (χ2v) is 2.72. The van der Waals surface area contributed by atoms with Crippen molar-refractivity contribution in [2.75, 3.05) is 0 Å². The lowest BCUT2D eigenvalue weighted by Gasteiger charge is -1.89. The monoisotopic (exact) mass is 176 g/mol. The number of carbonyl (C=O) groups excluding carboxylic acids is 1. The summed E-state index contributed by atoms with van der Waals surface area (Å²) in [6.45, 7) is 0. The van der Waals surface area contributed by atoms with Crippen molar-refractivity contribution in [3.05, 3.63) is 42.1 Å². The van der Waals surface area contributed by atoms with Gasteiger partial charge in [-0.25, -0.2) is 0 Å². The lowest BCUT2D eigenvalue weighted by molar-refractivity contribution is 0.103. The molecular weight excluding hydrogens is 168 g/mol. The maximum Gasteiger partial charge on any atom is 0.216 e. The minimum Gasteiger partial charge on any atom is -0.472 e. The van der Waals surface area contributed by atoms with Crippen molar-refractivity contribution in [1.82, 2.24) is 9.78 Å². The van der Waals surface area contributed by atoms with Gasteiger partial charge in [-0.05, 0) is 12.1 Å². The Labute approximate surface area is 74.8 Å². The fraction of sp³-hybridized carbons (Fsp3) is 0.111. The van der Waals surface area contributed by atoms with Gasteiger partial charge in [0.15, 0.2) is 0 Å². The van der Waals surface area contributed by atoms with Crippen LogP contribution in [0, 0.1) is 0 Å². The SMILES string of the molecule is Cn1ccc(C(=O)c2ccoc2)n1. The van der Waals surface area contributed by atoms with E-state index in [1.165, 1.54) is 12.5 Å². The molecule has 0 radical (unpaired) electrons. The van der Waals surface area contributed by atoms with Gasteiger partial charge in [0.05, 0.1) is 11.8 Å². The van der Waals surface area contributed by atoms with E-state index in [0.29, 0.717) is 11.3 Å². The van der Waals surface area contributed by atoms with Crippen molar-refractivity contribution in [3.8, 4) is 0 Å². The van der Waals surface area contributed by atoms with E-state index in [9.17, 15) is 4.79 Å². The van der Waals surface area contributed by atoms with Gasteiger partial charge < -0.3 is 4.42 Å². The summed E-state index contributed by atoms with van der Waals surface area (Å²) in [4.78, 5) is 11.6. The molecule has 0 amide bonds. The predicted molar refractivity (Wildman–Crippen MR) is 45.3 cm³/mol. The maximum absolute atomic E-state index is 11.6. The Morgan fingerprint density at radius 2 is 2.38 bits per heavy atom. The molecule has 0 bridgehead atoms. The van der Waals surface area contributed by atoms with E-state index < -0.39 is 0 Å². The molecule has 0 aliphatic carbocycles. The van der Waals surface area contributed by atoms with Crippen LogP contribution in [0.4, 0.5) is 0 Å². The molecule has 2 aromatic heterocycles. The number of furan rings is 1. The van der Waals surface area contributed by atoms with Gasteiger partial charge in [-0.2, -0.15) is 5.10 Å². The lowest BCUT2D eigenvalue weighted by atomic mass is 10.2. The summed E-state index contributed by atoms with van der Waals surface area (Å²) in [5.74, 6) is -0.116. The highest BCUT2D eigenvalue weighted by molar-refractivity contribution is 6.07. The summed E-state index contributed by atoms with van der Waals surface area (Å²) >= 11 is 0. The second-order valence-electron chi connectivity index (χ2n) is 2.72. The summed E-state index contributed by atoms with van der Waals surface area (Å²) in [6.07, 6.45) is 4.61. The van der Waals surface area contributed by atoms with Crippen LogP contribution in [0.2, 0.25) is 0 Å². The fourth-order valence-corrected chi connectivity index (χ4v) is 1.08. The van der Waals surface area contributed by atoms with E-state index >= 15 is 0 Å². The third-order valence-corrected chi connectivity index (χ3v) is 1.73. The molecule has 2 heterocycles. The number of carbonyl (C=O) groups is 1. The molecule has 0 saturated heterocycles. The van der Waals surface area contributed by atoms with Crippen molar-refractivity contribution in [1.29, 1.82) is 0 Å². The van der Waals surface area contributed by atoms with Gasteiger partial charge in [-0.3, -0.25) is 9.48 Å². The summed E-state index contributed by atoms with van der Waals surface area (Å²) in [5, 5.41) is 3.99. The number of hydrogen-bond donors (Lipinski definition) is 0. The van der Waals surface area contributed by atoms with E-state index in [2.05, 4.69) is 5.10 Å². The number of aromatic nitrogens is 2. The zero-order chi connectivity index (χ0) is 9.26. The van der Waals surface area contributed by atoms with Crippen molar-refractivity contribution < 1.29 is 9.21 Å². The van der Waals surface area contributed by atoms with Gasteiger partial charge in [0, 0.05) is 13.2 Å². The van der Waals surface area contributed by atoms with Crippen molar-refractivity contribution >= 4 is 5.78 Å². The van der Waals surface area contributed by atoms with Gasteiger partial charge in [0.25, 0.3) is 0 Å². The highest BCUT2D eigenvalue weighted by Gasteiger charge is 2.12. The van der Waals surface area contributed by atoms with E-state index in [-0.39, 0.29) is 5.78 Å². The number of ketones is 1. The molecule has 0 N–H and O–H groups in total. The lowest BCUT2D eigenvalue weighted by Crippen LogP contribution is -2.01. The Kier molecular flexibility index (Phi) is 1.73. The van der Waals surface area contributed by atoms with Crippen LogP contribution in [-0.4, -0.2) is 15.6 Å². The standard InChI is InChI=1S/C9H8N2O2/c1-11-4-2-8(10-11)9(12)7-3-5-13-6-7/h2-6H,1H3. The van der Waals surface area contributed by atoms with Crippen LogP contribution in [0.25, 0.3) is 0 Å². The number of hydrogen-bond acceptors (Lipinski definition) is 3. The topological polar surface area (TPSA) is 48.0 Å². The molecular formula is C9H8N2O2. The Hall–Kier alpha value is -1.84. The summed E-state index contributed by atoms with van der Waals surface area (Å²) in [6, 6.07) is 3.30. The first-order valence-electron chi connectivity index (χ1n) is 3.84. The fourth-order valence-electron chi connectivity index (χ4n) is 1.08. The molecule has 2 rings (SSSR count). The van der Waals surface area contributed by atoms with Gasteiger partial charge in [0.1, 0.15) is 12.0 Å². The first-order valence-corrected chi connectivity index (χ1v) is 3.84. The molecule has 0 atom stereocenters. The van der Waals surface area contributed by atoms with Crippen LogP contribution in [0.15, 0.2) is 35.3 Å². The quantitative estimate of drug-likeness (QED) is 0.647. The Balaban J connectivity index is 2.33. The van der Waals surface area contributed by atoms with Crippen LogP contribution < -0.4 is 0 Å². The van der Waals surface area contributed by atoms with Gasteiger partial charge >= 0.3 is 0 Å². The van der Waals surface area contributed by atoms with Gasteiger partial charge in [-0.15, -0.1) is 0 Å². The molecule has 4 heteroatoms. The number of aryl methyl sites for hydroxylation is 1. The maximum atomic E-state index is 11.6. The second kappa shape index (κ2) is 2.90. The van der Waals surface area contributed by atoms with Crippen LogP contribution >= 0.6 is 0 Å². The Bertz CT molecular complexity index is 415. The molecule has 0 unspecified atom stereocenters. The van der Waals surface area contributed by atoms with Crippen LogP contribution in [0.5, 0.6) is 0 Å². The summed E-state index contributed by atoms with van der Waals surface area (Å²) < 4.78 is 6.40. The first-order chi connectivity index (χ1) is 6.27. The summed E-state index contributed by atoms with van der Waals surface area (Å²) in [7, 11) is 1.77. The molecule has 0 spiro atoms. The molecule has 0 aromatic carbocycles. The smallest absolute Gasteiger partial charge is 0.216 e. The molecule has 4 nitrogen and oxygen atoms in total. The number of nitrogens with zero attached hydrogens (tertiary/aromatic N) is 2. The Morgan fingerprint density at radius 3 is 2.92 bits per heavy atom. The van der Waals surface area contributed by atoms with E-state index in [1.54, 1.807) is 30.1 Å². The van der Waals surface area contributed by atoms with E-state index in [0.717, 1.165) is 0 Å². The molecule has 0 aliphatic rings. The first kappa shape index (κ1) is 7.79. The molecule has 0 aliphatic heterocycles. The van der Waals surface area contributed by atoms with Crippen LogP contribution in [-0.2, 0) is 7.05 Å². The highest BCUT2D eigenvalue weighted by atomic mass is 16.3. The molecule has 0 saturated carbocycles. The zero-order valence-electron chi connectivity index (χ0n) is 7.10. The molecule has 0 fully saturated rings. The Morgan fingerprint density at radius 1 is 1.54 bits per heavy atom. The largest absolute Gasteiger partial charge is 0.472 e. The van der Waals surface area contributed by atoms with Crippen LogP contribution in [0.3, 0.4) is 0 Å². The van der Waals surface area contributed by atoms with Crippen molar-refractivity contribution in [2.24, 2.45) is 7.05 Å². The highest BCUT2D eigenvalue weighted by Crippen LogP contribution is 2.07. The zero-order valence-corrected chi connectivity index (χ0v) is 7.10. The number of rotatable bonds is 2. The average molecular weight is 176 g/mol.